The van der Waals surface area contributed by atoms with E-state index >= 15 is 0 Å². The van der Waals surface area contributed by atoms with Gasteiger partial charge < -0.3 is 10.6 Å². The Morgan fingerprint density at radius 2 is 1.89 bits per heavy atom. The Labute approximate surface area is 124 Å². The minimum Gasteiger partial charge on any atom is -0.353 e. The summed E-state index contributed by atoms with van der Waals surface area (Å²) in [5, 5.41) is 5.69. The van der Waals surface area contributed by atoms with Crippen molar-refractivity contribution in [1.82, 2.24) is 5.32 Å². The molecule has 0 unspecified atom stereocenters. The number of thiocarbonyl (C=S) groups is 1. The van der Waals surface area contributed by atoms with Crippen LogP contribution in [0.5, 0.6) is 0 Å². The fourth-order valence-electron chi connectivity index (χ4n) is 1.01. The average molecular weight is 328 g/mol. The number of halogens is 3. The summed E-state index contributed by atoms with van der Waals surface area (Å²) in [6.07, 6.45) is 0. The van der Waals surface area contributed by atoms with E-state index in [0.29, 0.717) is 11.4 Å². The molecular weight excluding hydrogens is 319 g/mol. The average Bonchev–Trinajstić information content (AvgIpc) is 2.26. The van der Waals surface area contributed by atoms with E-state index in [1.165, 1.54) is 18.7 Å². The standard InChI is InChI=1S/C9H8Cl3N4OS/c10-9(11,12)5-14-8(18)15-6-1-3-7(4-2-6)16(13)17/h1-5H,(H3-,13,14,15,17,18)/p+1. The predicted molar refractivity (Wildman–Crippen MR) is 77.9 cm³/mol. The lowest BCUT2D eigenvalue weighted by Gasteiger charge is -2.14. The molecule has 0 saturated heterocycles. The van der Waals surface area contributed by atoms with Gasteiger partial charge in [-0.25, -0.2) is 0 Å². The molecule has 97 valence electrons. The van der Waals surface area contributed by atoms with Crippen molar-refractivity contribution < 1.29 is 4.87 Å². The Morgan fingerprint density at radius 1 is 1.33 bits per heavy atom. The van der Waals surface area contributed by atoms with Gasteiger partial charge in [0.15, 0.2) is 9.98 Å². The highest BCUT2D eigenvalue weighted by Crippen LogP contribution is 2.27. The second kappa shape index (κ2) is 6.38. The van der Waals surface area contributed by atoms with Crippen molar-refractivity contribution in [3.63, 3.8) is 0 Å². The molecular formula is C9H9Cl3N4OS+. The van der Waals surface area contributed by atoms with Gasteiger partial charge in [0, 0.05) is 17.8 Å². The summed E-state index contributed by atoms with van der Waals surface area (Å²) < 4.78 is -1.54. The van der Waals surface area contributed by atoms with Crippen LogP contribution in [0.4, 0.5) is 11.4 Å². The molecule has 18 heavy (non-hydrogen) atoms. The highest BCUT2D eigenvalue weighted by molar-refractivity contribution is 7.80. The fourth-order valence-corrected chi connectivity index (χ4v) is 1.35. The van der Waals surface area contributed by atoms with Crippen molar-refractivity contribution in [1.29, 1.82) is 0 Å². The maximum atomic E-state index is 10.8. The molecule has 0 bridgehead atoms. The summed E-state index contributed by atoms with van der Waals surface area (Å²) in [6, 6.07) is 6.35. The zero-order valence-electron chi connectivity index (χ0n) is 8.86. The van der Waals surface area contributed by atoms with Gasteiger partial charge in [-0.1, -0.05) is 34.8 Å². The van der Waals surface area contributed by atoms with Crippen molar-refractivity contribution in [3.05, 3.63) is 35.7 Å². The number of rotatable bonds is 3. The number of nitroso groups, excluding NO2 is 1. The second-order valence-electron chi connectivity index (χ2n) is 3.16. The first-order valence-electron chi connectivity index (χ1n) is 4.58. The smallest absolute Gasteiger partial charge is 0.291 e. The van der Waals surface area contributed by atoms with E-state index in [1.54, 1.807) is 12.1 Å². The van der Waals surface area contributed by atoms with E-state index in [0.717, 1.165) is 0 Å². The molecule has 0 saturated carbocycles. The summed E-state index contributed by atoms with van der Waals surface area (Å²) in [6.45, 7) is 1.21. The van der Waals surface area contributed by atoms with Gasteiger partial charge in [0.2, 0.25) is 3.79 Å². The summed E-state index contributed by atoms with van der Waals surface area (Å²) in [5.41, 5.74) is 0.989. The third kappa shape index (κ3) is 5.68. The normalized spacial score (nSPS) is 10.8. The van der Waals surface area contributed by atoms with Gasteiger partial charge in [0.05, 0.1) is 11.5 Å². The van der Waals surface area contributed by atoms with Crippen molar-refractivity contribution in [2.75, 3.05) is 5.32 Å². The quantitative estimate of drug-likeness (QED) is 0.262. The molecule has 1 radical (unpaired) electrons. The molecule has 0 fully saturated rings. The van der Waals surface area contributed by atoms with Crippen LogP contribution in [0.1, 0.15) is 0 Å². The van der Waals surface area contributed by atoms with Crippen LogP contribution in [0.3, 0.4) is 0 Å². The van der Waals surface area contributed by atoms with Crippen LogP contribution in [0, 0.1) is 11.5 Å². The van der Waals surface area contributed by atoms with E-state index in [1.807, 2.05) is 0 Å². The molecule has 4 N–H and O–H groups in total. The molecule has 0 heterocycles. The lowest BCUT2D eigenvalue weighted by atomic mass is 10.3. The molecule has 9 heteroatoms. The molecule has 1 aromatic carbocycles. The highest BCUT2D eigenvalue weighted by atomic mass is 35.6. The molecule has 0 spiro atoms. The van der Waals surface area contributed by atoms with Crippen LogP contribution in [-0.2, 0) is 0 Å². The monoisotopic (exact) mass is 326 g/mol. The maximum Gasteiger partial charge on any atom is 0.291 e. The second-order valence-corrected chi connectivity index (χ2v) is 5.93. The van der Waals surface area contributed by atoms with Crippen molar-refractivity contribution in [3.8, 4) is 0 Å². The van der Waals surface area contributed by atoms with Gasteiger partial charge in [0.25, 0.3) is 5.69 Å². The maximum absolute atomic E-state index is 10.8. The van der Waals surface area contributed by atoms with E-state index < -0.39 is 3.79 Å². The summed E-state index contributed by atoms with van der Waals surface area (Å²) in [4.78, 5) is 11.0. The van der Waals surface area contributed by atoms with Gasteiger partial charge in [-0.15, -0.1) is 0 Å². The van der Waals surface area contributed by atoms with Crippen LogP contribution in [0.25, 0.3) is 0 Å². The topological polar surface area (TPSA) is 70.2 Å². The van der Waals surface area contributed by atoms with Gasteiger partial charge in [-0.2, -0.15) is 5.84 Å². The van der Waals surface area contributed by atoms with Gasteiger partial charge in [-0.3, -0.25) is 0 Å². The number of alkyl halides is 3. The molecule has 0 aliphatic rings. The van der Waals surface area contributed by atoms with Crippen molar-refractivity contribution in [2.45, 2.75) is 3.79 Å². The molecule has 0 aliphatic heterocycles. The third-order valence-electron chi connectivity index (χ3n) is 1.75. The number of hydrogen-bond acceptors (Lipinski definition) is 2. The summed E-state index contributed by atoms with van der Waals surface area (Å²) >= 11 is 21.5. The van der Waals surface area contributed by atoms with Crippen LogP contribution < -0.4 is 16.5 Å². The van der Waals surface area contributed by atoms with E-state index in [-0.39, 0.29) is 9.98 Å². The lowest BCUT2D eigenvalue weighted by molar-refractivity contribution is -0.474. The van der Waals surface area contributed by atoms with Crippen LogP contribution in [-0.4, -0.2) is 13.8 Å². The van der Waals surface area contributed by atoms with Crippen LogP contribution >= 0.6 is 47.0 Å². The number of benzene rings is 1. The molecule has 0 atom stereocenters. The zero-order chi connectivity index (χ0) is 13.8. The van der Waals surface area contributed by atoms with Gasteiger partial charge in [0.1, 0.15) is 0 Å². The molecule has 0 amide bonds. The van der Waals surface area contributed by atoms with E-state index in [2.05, 4.69) is 10.6 Å². The minimum absolute atomic E-state index is 0.251. The predicted octanol–water partition coefficient (Wildman–Crippen LogP) is 2.79. The van der Waals surface area contributed by atoms with Crippen molar-refractivity contribution >= 4 is 63.5 Å². The Bertz CT molecular complexity index is 446. The molecule has 0 aliphatic carbocycles. The number of nitrogens with two attached hydrogens (primary N) is 1. The minimum atomic E-state index is -1.54. The number of nitrogens with one attached hydrogen (secondary N) is 2. The van der Waals surface area contributed by atoms with Gasteiger partial charge in [-0.05, 0) is 24.4 Å². The Kier molecular flexibility index (Phi) is 5.40. The van der Waals surface area contributed by atoms with E-state index in [9.17, 15) is 4.91 Å². The summed E-state index contributed by atoms with van der Waals surface area (Å²) in [5.74, 6) is 5.03. The Hall–Kier alpha value is -0.820. The Morgan fingerprint density at radius 3 is 2.33 bits per heavy atom. The highest BCUT2D eigenvalue weighted by Gasteiger charge is 2.20. The first-order chi connectivity index (χ1) is 8.28. The summed E-state index contributed by atoms with van der Waals surface area (Å²) in [7, 11) is 0. The first-order valence-corrected chi connectivity index (χ1v) is 6.13. The zero-order valence-corrected chi connectivity index (χ0v) is 11.9. The largest absolute Gasteiger partial charge is 0.353 e. The molecule has 5 nitrogen and oxygen atoms in total. The fraction of sp³-hybridized carbons (Fsp3) is 0.111. The first kappa shape index (κ1) is 15.2. The number of nitrogens with zero attached hydrogens (tertiary/aromatic N) is 1. The number of hydrogen-bond donors (Lipinski definition) is 3. The molecule has 1 aromatic rings. The van der Waals surface area contributed by atoms with Gasteiger partial charge >= 0.3 is 0 Å². The Balaban J connectivity index is 2.52. The number of hydrazine groups is 1. The lowest BCUT2D eigenvalue weighted by Crippen LogP contribution is -2.30. The molecule has 0 aromatic heterocycles. The molecule has 1 rings (SSSR count). The van der Waals surface area contributed by atoms with Crippen molar-refractivity contribution in [2.24, 2.45) is 5.84 Å². The number of anilines is 1. The third-order valence-corrected chi connectivity index (χ3v) is 2.29. The SMILES string of the molecule is N[N+](=O)c1ccc(NC(=S)N[CH]C(Cl)(Cl)Cl)cc1. The van der Waals surface area contributed by atoms with Crippen LogP contribution in [0.2, 0.25) is 0 Å². The van der Waals surface area contributed by atoms with E-state index in [4.69, 9.17) is 52.9 Å². The van der Waals surface area contributed by atoms with Crippen LogP contribution in [0.15, 0.2) is 24.3 Å².